The lowest BCUT2D eigenvalue weighted by Gasteiger charge is -2.10. The van der Waals surface area contributed by atoms with Crippen LogP contribution in [-0.4, -0.2) is 9.91 Å². The van der Waals surface area contributed by atoms with Crippen molar-refractivity contribution >= 4 is 23.1 Å². The molecule has 0 aliphatic rings. The van der Waals surface area contributed by atoms with Gasteiger partial charge in [-0.2, -0.15) is 5.26 Å². The van der Waals surface area contributed by atoms with Gasteiger partial charge >= 0.3 is 0 Å². The molecular weight excluding hydrogens is 359 g/mol. The second-order valence-electron chi connectivity index (χ2n) is 5.36. The fourth-order valence-corrected chi connectivity index (χ4v) is 2.71. The van der Waals surface area contributed by atoms with E-state index in [-0.39, 0.29) is 22.1 Å². The first kappa shape index (κ1) is 17.3. The summed E-state index contributed by atoms with van der Waals surface area (Å²) in [6.45, 7) is 0. The second-order valence-corrected chi connectivity index (χ2v) is 5.77. The number of rotatable bonds is 3. The van der Waals surface area contributed by atoms with E-state index in [4.69, 9.17) is 17.3 Å². The van der Waals surface area contributed by atoms with Gasteiger partial charge in [0.1, 0.15) is 28.3 Å². The predicted molar refractivity (Wildman–Crippen MR) is 95.9 cm³/mol. The highest BCUT2D eigenvalue weighted by Gasteiger charge is 2.18. The van der Waals surface area contributed by atoms with Crippen LogP contribution in [0.25, 0.3) is 22.4 Å². The standard InChI is InChI=1S/C18H10ClFN4O2/c19-15-5-4-10(7-17(15)24(25)26)13-8-16(23-18(22)14(13)9-21)11-2-1-3-12(20)6-11/h1-8H,(H2,22,23). The smallest absolute Gasteiger partial charge is 0.288 e. The van der Waals surface area contributed by atoms with Gasteiger partial charge in [0.05, 0.1) is 10.6 Å². The Hall–Kier alpha value is -3.50. The minimum Gasteiger partial charge on any atom is -0.383 e. The predicted octanol–water partition coefficient (Wildman–Crippen LogP) is 4.57. The lowest BCUT2D eigenvalue weighted by atomic mass is 9.98. The van der Waals surface area contributed by atoms with Crippen LogP contribution >= 0.6 is 11.6 Å². The molecule has 1 heterocycles. The molecule has 6 nitrogen and oxygen atoms in total. The van der Waals surface area contributed by atoms with Crippen LogP contribution in [0.5, 0.6) is 0 Å². The van der Waals surface area contributed by atoms with Crippen molar-refractivity contribution in [3.05, 3.63) is 75.0 Å². The largest absolute Gasteiger partial charge is 0.383 e. The highest BCUT2D eigenvalue weighted by molar-refractivity contribution is 6.32. The fraction of sp³-hybridized carbons (Fsp3) is 0. The van der Waals surface area contributed by atoms with E-state index in [9.17, 15) is 19.8 Å². The zero-order valence-electron chi connectivity index (χ0n) is 13.1. The number of nitrogens with zero attached hydrogens (tertiary/aromatic N) is 3. The zero-order chi connectivity index (χ0) is 18.8. The van der Waals surface area contributed by atoms with Gasteiger partial charge in [0.2, 0.25) is 0 Å². The fourth-order valence-electron chi connectivity index (χ4n) is 2.53. The highest BCUT2D eigenvalue weighted by atomic mass is 35.5. The van der Waals surface area contributed by atoms with Gasteiger partial charge < -0.3 is 5.73 Å². The number of anilines is 1. The Bertz CT molecular complexity index is 1080. The molecule has 3 aromatic rings. The number of nitrogen functional groups attached to an aromatic ring is 1. The van der Waals surface area contributed by atoms with E-state index in [0.29, 0.717) is 22.4 Å². The van der Waals surface area contributed by atoms with Crippen molar-refractivity contribution in [2.24, 2.45) is 0 Å². The van der Waals surface area contributed by atoms with Crippen LogP contribution in [0.4, 0.5) is 15.9 Å². The number of nitriles is 1. The van der Waals surface area contributed by atoms with Gasteiger partial charge in [-0.1, -0.05) is 29.8 Å². The number of nitro groups is 1. The Morgan fingerprint density at radius 2 is 1.96 bits per heavy atom. The summed E-state index contributed by atoms with van der Waals surface area (Å²) in [6, 6.07) is 13.4. The Kier molecular flexibility index (Phi) is 4.52. The van der Waals surface area contributed by atoms with E-state index in [1.165, 1.54) is 36.4 Å². The normalized spacial score (nSPS) is 10.3. The number of benzene rings is 2. The van der Waals surface area contributed by atoms with E-state index in [1.54, 1.807) is 12.1 Å². The lowest BCUT2D eigenvalue weighted by Crippen LogP contribution is -2.00. The molecule has 0 aliphatic carbocycles. The number of nitrogens with two attached hydrogens (primary N) is 1. The number of hydrogen-bond donors (Lipinski definition) is 1. The monoisotopic (exact) mass is 368 g/mol. The average molecular weight is 369 g/mol. The van der Waals surface area contributed by atoms with E-state index in [2.05, 4.69) is 4.98 Å². The molecule has 3 rings (SSSR count). The van der Waals surface area contributed by atoms with Gasteiger partial charge in [0.15, 0.2) is 0 Å². The molecule has 0 unspecified atom stereocenters. The van der Waals surface area contributed by atoms with E-state index in [1.807, 2.05) is 6.07 Å². The average Bonchev–Trinajstić information content (AvgIpc) is 2.61. The summed E-state index contributed by atoms with van der Waals surface area (Å²) in [7, 11) is 0. The van der Waals surface area contributed by atoms with Gasteiger partial charge in [0, 0.05) is 17.2 Å². The summed E-state index contributed by atoms with van der Waals surface area (Å²) in [5.41, 5.74) is 7.19. The van der Waals surface area contributed by atoms with E-state index >= 15 is 0 Å². The third-order valence-electron chi connectivity index (χ3n) is 3.73. The van der Waals surface area contributed by atoms with Crippen LogP contribution in [0.15, 0.2) is 48.5 Å². The molecule has 0 bridgehead atoms. The maximum atomic E-state index is 13.5. The first-order chi connectivity index (χ1) is 12.4. The SMILES string of the molecule is N#Cc1c(-c2ccc(Cl)c([N+](=O)[O-])c2)cc(-c2cccc(F)c2)nc1N. The van der Waals surface area contributed by atoms with E-state index < -0.39 is 10.7 Å². The van der Waals surface area contributed by atoms with Crippen molar-refractivity contribution in [3.63, 3.8) is 0 Å². The van der Waals surface area contributed by atoms with Crippen molar-refractivity contribution in [2.75, 3.05) is 5.73 Å². The van der Waals surface area contributed by atoms with Gasteiger partial charge in [-0.25, -0.2) is 9.37 Å². The van der Waals surface area contributed by atoms with Crippen molar-refractivity contribution < 1.29 is 9.31 Å². The van der Waals surface area contributed by atoms with E-state index in [0.717, 1.165) is 0 Å². The molecule has 128 valence electrons. The van der Waals surface area contributed by atoms with Crippen molar-refractivity contribution in [2.45, 2.75) is 0 Å². The summed E-state index contributed by atoms with van der Waals surface area (Å²) in [5, 5.41) is 20.5. The van der Waals surface area contributed by atoms with Gasteiger partial charge in [-0.3, -0.25) is 10.1 Å². The highest BCUT2D eigenvalue weighted by Crippen LogP contribution is 2.35. The number of hydrogen-bond acceptors (Lipinski definition) is 5. The van der Waals surface area contributed by atoms with Gasteiger partial charge in [0.25, 0.3) is 5.69 Å². The molecular formula is C18H10ClFN4O2. The van der Waals surface area contributed by atoms with Crippen molar-refractivity contribution in [1.29, 1.82) is 5.26 Å². The van der Waals surface area contributed by atoms with Crippen LogP contribution in [0.3, 0.4) is 0 Å². The quantitative estimate of drug-likeness (QED) is 0.538. The van der Waals surface area contributed by atoms with Crippen molar-refractivity contribution in [1.82, 2.24) is 4.98 Å². The summed E-state index contributed by atoms with van der Waals surface area (Å²) >= 11 is 5.84. The topological polar surface area (TPSA) is 106 Å². The summed E-state index contributed by atoms with van der Waals surface area (Å²) in [6.07, 6.45) is 0. The first-order valence-electron chi connectivity index (χ1n) is 7.31. The van der Waals surface area contributed by atoms with Crippen LogP contribution in [0.2, 0.25) is 5.02 Å². The van der Waals surface area contributed by atoms with Gasteiger partial charge in [-0.05, 0) is 29.8 Å². The first-order valence-corrected chi connectivity index (χ1v) is 7.69. The number of halogens is 2. The second kappa shape index (κ2) is 6.78. The summed E-state index contributed by atoms with van der Waals surface area (Å²) in [4.78, 5) is 14.7. The molecule has 0 radical (unpaired) electrons. The van der Waals surface area contributed by atoms with Crippen LogP contribution in [-0.2, 0) is 0 Å². The molecule has 0 spiro atoms. The molecule has 2 aromatic carbocycles. The number of pyridine rings is 1. The third-order valence-corrected chi connectivity index (χ3v) is 4.05. The van der Waals surface area contributed by atoms with Crippen LogP contribution < -0.4 is 5.73 Å². The minimum absolute atomic E-state index is 0.0235. The van der Waals surface area contributed by atoms with Gasteiger partial charge in [-0.15, -0.1) is 0 Å². The molecule has 0 atom stereocenters. The summed E-state index contributed by atoms with van der Waals surface area (Å²) in [5.74, 6) is -0.502. The number of nitro benzene ring substituents is 1. The molecule has 0 fully saturated rings. The summed E-state index contributed by atoms with van der Waals surface area (Å²) < 4.78 is 13.5. The van der Waals surface area contributed by atoms with Crippen LogP contribution in [0.1, 0.15) is 5.56 Å². The lowest BCUT2D eigenvalue weighted by molar-refractivity contribution is -0.384. The maximum Gasteiger partial charge on any atom is 0.288 e. The molecule has 0 aliphatic heterocycles. The Balaban J connectivity index is 2.26. The molecule has 1 aromatic heterocycles. The molecule has 0 saturated carbocycles. The molecule has 8 heteroatoms. The Labute approximate surface area is 152 Å². The van der Waals surface area contributed by atoms with Crippen LogP contribution in [0, 0.1) is 27.3 Å². The molecule has 26 heavy (non-hydrogen) atoms. The Morgan fingerprint density at radius 1 is 1.19 bits per heavy atom. The minimum atomic E-state index is -0.615. The third kappa shape index (κ3) is 3.18. The van der Waals surface area contributed by atoms with Crippen molar-refractivity contribution in [3.8, 4) is 28.5 Å². The number of aromatic nitrogens is 1. The molecule has 0 amide bonds. The molecule has 2 N–H and O–H groups in total. The Morgan fingerprint density at radius 3 is 2.62 bits per heavy atom. The maximum absolute atomic E-state index is 13.5. The molecule has 0 saturated heterocycles. The zero-order valence-corrected chi connectivity index (χ0v) is 13.9.